The summed E-state index contributed by atoms with van der Waals surface area (Å²) < 4.78 is 0. The topological polar surface area (TPSA) is 61.8 Å². The molecule has 2 N–H and O–H groups in total. The van der Waals surface area contributed by atoms with Crippen LogP contribution in [0.2, 0.25) is 10.3 Å². The molecular weight excluding hydrogens is 273 g/mol. The van der Waals surface area contributed by atoms with Crippen LogP contribution in [0.5, 0.6) is 5.88 Å². The van der Waals surface area contributed by atoms with Crippen molar-refractivity contribution in [3.05, 3.63) is 40.8 Å². The summed E-state index contributed by atoms with van der Waals surface area (Å²) in [6, 6.07) is 7.47. The maximum Gasteiger partial charge on any atom is 0.222 e. The summed E-state index contributed by atoms with van der Waals surface area (Å²) in [4.78, 5) is 10.7. The van der Waals surface area contributed by atoms with E-state index in [1.165, 1.54) is 6.20 Å². The van der Waals surface area contributed by atoms with Crippen molar-refractivity contribution in [1.29, 1.82) is 0 Å². The minimum Gasteiger partial charge on any atom is -0.494 e. The lowest BCUT2D eigenvalue weighted by Crippen LogP contribution is -1.88. The highest BCUT2D eigenvalue weighted by atomic mass is 35.5. The van der Waals surface area contributed by atoms with Crippen LogP contribution in [0.25, 0.3) is 22.2 Å². The standard InChI is InChI=1S/C12H7Cl2N3O/c13-7-5-15-12(14)17-10(7)9-6-3-1-2-4-8(6)16-11(9)18/h1-5,16,18H. The molecule has 3 aromatic rings. The third kappa shape index (κ3) is 1.70. The van der Waals surface area contributed by atoms with Gasteiger partial charge in [0.25, 0.3) is 0 Å². The average Bonchev–Trinajstić information content (AvgIpc) is 2.68. The van der Waals surface area contributed by atoms with Gasteiger partial charge in [-0.3, -0.25) is 0 Å². The zero-order valence-corrected chi connectivity index (χ0v) is 10.5. The van der Waals surface area contributed by atoms with Crippen molar-refractivity contribution >= 4 is 34.1 Å². The normalized spacial score (nSPS) is 11.0. The lowest BCUT2D eigenvalue weighted by molar-refractivity contribution is 0.460. The van der Waals surface area contributed by atoms with E-state index in [0.29, 0.717) is 16.3 Å². The lowest BCUT2D eigenvalue weighted by Gasteiger charge is -2.02. The van der Waals surface area contributed by atoms with Crippen molar-refractivity contribution in [3.63, 3.8) is 0 Å². The number of rotatable bonds is 1. The van der Waals surface area contributed by atoms with E-state index in [2.05, 4.69) is 15.0 Å². The molecule has 0 radical (unpaired) electrons. The van der Waals surface area contributed by atoms with Gasteiger partial charge in [0, 0.05) is 10.9 Å². The van der Waals surface area contributed by atoms with Crippen molar-refractivity contribution in [1.82, 2.24) is 15.0 Å². The first-order valence-corrected chi connectivity index (χ1v) is 5.90. The Morgan fingerprint density at radius 1 is 1.17 bits per heavy atom. The van der Waals surface area contributed by atoms with Crippen LogP contribution in [-0.4, -0.2) is 20.1 Å². The van der Waals surface area contributed by atoms with Crippen LogP contribution in [0.4, 0.5) is 0 Å². The third-order valence-corrected chi connectivity index (χ3v) is 3.10. The van der Waals surface area contributed by atoms with Crippen molar-refractivity contribution < 1.29 is 5.11 Å². The number of hydrogen-bond acceptors (Lipinski definition) is 3. The van der Waals surface area contributed by atoms with E-state index in [-0.39, 0.29) is 11.2 Å². The minimum atomic E-state index is 0.00728. The summed E-state index contributed by atoms with van der Waals surface area (Å²) >= 11 is 11.8. The first kappa shape index (κ1) is 11.3. The van der Waals surface area contributed by atoms with E-state index < -0.39 is 0 Å². The second kappa shape index (κ2) is 4.15. The van der Waals surface area contributed by atoms with Crippen molar-refractivity contribution in [3.8, 4) is 17.1 Å². The Balaban J connectivity index is 2.37. The maximum absolute atomic E-state index is 9.99. The van der Waals surface area contributed by atoms with Gasteiger partial charge in [-0.25, -0.2) is 9.97 Å². The Morgan fingerprint density at radius 3 is 2.78 bits per heavy atom. The molecule has 0 aliphatic rings. The fourth-order valence-corrected chi connectivity index (χ4v) is 2.21. The smallest absolute Gasteiger partial charge is 0.222 e. The number of hydrogen-bond donors (Lipinski definition) is 2. The Hall–Kier alpha value is -1.78. The van der Waals surface area contributed by atoms with Crippen molar-refractivity contribution in [2.75, 3.05) is 0 Å². The number of halogens is 2. The van der Waals surface area contributed by atoms with Gasteiger partial charge < -0.3 is 10.1 Å². The molecule has 0 aliphatic carbocycles. The van der Waals surface area contributed by atoms with Gasteiger partial charge in [0.2, 0.25) is 5.28 Å². The van der Waals surface area contributed by atoms with E-state index in [0.717, 1.165) is 10.9 Å². The number of aromatic hydroxyl groups is 1. The molecule has 0 saturated carbocycles. The van der Waals surface area contributed by atoms with Crippen LogP contribution >= 0.6 is 23.2 Å². The number of aromatic nitrogens is 3. The van der Waals surface area contributed by atoms with Crippen LogP contribution in [0.1, 0.15) is 0 Å². The van der Waals surface area contributed by atoms with E-state index in [1.807, 2.05) is 24.3 Å². The van der Waals surface area contributed by atoms with Gasteiger partial charge in [-0.2, -0.15) is 0 Å². The van der Waals surface area contributed by atoms with Crippen LogP contribution in [0.3, 0.4) is 0 Å². The molecule has 90 valence electrons. The van der Waals surface area contributed by atoms with Gasteiger partial charge in [0.15, 0.2) is 5.88 Å². The number of fused-ring (bicyclic) bond motifs is 1. The molecule has 4 nitrogen and oxygen atoms in total. The summed E-state index contributed by atoms with van der Waals surface area (Å²) in [6.45, 7) is 0. The molecule has 0 saturated heterocycles. The first-order chi connectivity index (χ1) is 8.66. The number of aromatic amines is 1. The molecule has 0 spiro atoms. The second-order valence-corrected chi connectivity index (χ2v) is 4.48. The molecule has 2 heterocycles. The fourth-order valence-electron chi connectivity index (χ4n) is 1.89. The molecule has 2 aromatic heterocycles. The highest BCUT2D eigenvalue weighted by Gasteiger charge is 2.17. The van der Waals surface area contributed by atoms with Crippen LogP contribution < -0.4 is 0 Å². The van der Waals surface area contributed by atoms with Crippen molar-refractivity contribution in [2.45, 2.75) is 0 Å². The molecule has 0 bridgehead atoms. The predicted octanol–water partition coefficient (Wildman–Crippen LogP) is 3.64. The van der Waals surface area contributed by atoms with Gasteiger partial charge in [-0.1, -0.05) is 29.8 Å². The summed E-state index contributed by atoms with van der Waals surface area (Å²) in [5, 5.41) is 11.2. The Labute approximate surface area is 112 Å². The van der Waals surface area contributed by atoms with Crippen LogP contribution in [0.15, 0.2) is 30.5 Å². The average molecular weight is 280 g/mol. The summed E-state index contributed by atoms with van der Waals surface area (Å²) in [5.41, 5.74) is 1.74. The molecule has 3 rings (SSSR count). The zero-order chi connectivity index (χ0) is 12.7. The monoisotopic (exact) mass is 279 g/mol. The first-order valence-electron chi connectivity index (χ1n) is 5.15. The molecule has 0 unspecified atom stereocenters. The molecule has 1 aromatic carbocycles. The Morgan fingerprint density at radius 2 is 1.94 bits per heavy atom. The number of para-hydroxylation sites is 1. The van der Waals surface area contributed by atoms with Gasteiger partial charge in [-0.15, -0.1) is 0 Å². The third-order valence-electron chi connectivity index (χ3n) is 2.64. The quantitative estimate of drug-likeness (QED) is 0.669. The second-order valence-electron chi connectivity index (χ2n) is 3.73. The minimum absolute atomic E-state index is 0.00728. The van der Waals surface area contributed by atoms with E-state index in [9.17, 15) is 5.11 Å². The summed E-state index contributed by atoms with van der Waals surface area (Å²) in [5.74, 6) is 0.00728. The van der Waals surface area contributed by atoms with Crippen LogP contribution in [0, 0.1) is 0 Å². The number of nitrogens with zero attached hydrogens (tertiary/aromatic N) is 2. The summed E-state index contributed by atoms with van der Waals surface area (Å²) in [7, 11) is 0. The lowest BCUT2D eigenvalue weighted by atomic mass is 10.1. The van der Waals surface area contributed by atoms with Gasteiger partial charge >= 0.3 is 0 Å². The van der Waals surface area contributed by atoms with E-state index in [1.54, 1.807) is 0 Å². The van der Waals surface area contributed by atoms with Crippen molar-refractivity contribution in [2.24, 2.45) is 0 Å². The highest BCUT2D eigenvalue weighted by molar-refractivity contribution is 6.34. The Bertz CT molecular complexity index is 739. The number of benzene rings is 1. The highest BCUT2D eigenvalue weighted by Crippen LogP contribution is 2.38. The maximum atomic E-state index is 9.99. The molecule has 0 fully saturated rings. The molecule has 18 heavy (non-hydrogen) atoms. The van der Waals surface area contributed by atoms with Gasteiger partial charge in [-0.05, 0) is 17.7 Å². The molecule has 6 heteroatoms. The van der Waals surface area contributed by atoms with E-state index >= 15 is 0 Å². The largest absolute Gasteiger partial charge is 0.494 e. The predicted molar refractivity (Wildman–Crippen MR) is 71.0 cm³/mol. The van der Waals surface area contributed by atoms with Crippen LogP contribution in [-0.2, 0) is 0 Å². The van der Waals surface area contributed by atoms with Gasteiger partial charge in [0.1, 0.15) is 0 Å². The molecular formula is C12H7Cl2N3O. The van der Waals surface area contributed by atoms with Gasteiger partial charge in [0.05, 0.1) is 22.5 Å². The SMILES string of the molecule is Oc1[nH]c2ccccc2c1-c1nc(Cl)ncc1Cl. The molecule has 0 aliphatic heterocycles. The summed E-state index contributed by atoms with van der Waals surface area (Å²) in [6.07, 6.45) is 1.41. The number of H-pyrrole nitrogens is 1. The fraction of sp³-hybridized carbons (Fsp3) is 0. The number of nitrogens with one attached hydrogen (secondary N) is 1. The Kier molecular flexibility index (Phi) is 2.61. The van der Waals surface area contributed by atoms with E-state index in [4.69, 9.17) is 23.2 Å². The molecule has 0 atom stereocenters. The molecule has 0 amide bonds. The zero-order valence-electron chi connectivity index (χ0n) is 8.98.